The summed E-state index contributed by atoms with van der Waals surface area (Å²) in [6.07, 6.45) is 0. The maximum atomic E-state index is 5.40. The molecule has 3 rings (SSSR count). The van der Waals surface area contributed by atoms with Crippen LogP contribution in [-0.2, 0) is 4.74 Å². The minimum atomic E-state index is 0.401. The molecule has 110 valence electrons. The fourth-order valence-corrected chi connectivity index (χ4v) is 2.33. The van der Waals surface area contributed by atoms with Crippen LogP contribution in [0, 0.1) is 0 Å². The number of ether oxygens (including phenoxy) is 1. The zero-order valence-corrected chi connectivity index (χ0v) is 12.2. The van der Waals surface area contributed by atoms with Crippen molar-refractivity contribution in [2.45, 2.75) is 25.8 Å². The van der Waals surface area contributed by atoms with Gasteiger partial charge in [0.15, 0.2) is 0 Å². The monoisotopic (exact) mass is 277 g/mol. The molecule has 2 aliphatic heterocycles. The standard InChI is InChI=1S/C14H23N5O/c1-10(2)12-7-13(16-11-8-15-9-11)18-14(17-12)19-3-5-20-6-4-19/h7,10-11,15H,3-6,8-9H2,1-2H3,(H,16,17,18). The number of nitrogens with zero attached hydrogens (tertiary/aromatic N) is 3. The Kier molecular flexibility index (Phi) is 4.03. The molecule has 3 heterocycles. The molecule has 20 heavy (non-hydrogen) atoms. The number of morpholine rings is 1. The highest BCUT2D eigenvalue weighted by molar-refractivity contribution is 5.45. The van der Waals surface area contributed by atoms with E-state index in [-0.39, 0.29) is 0 Å². The average Bonchev–Trinajstić information content (AvgIpc) is 2.43. The third-order valence-corrected chi connectivity index (χ3v) is 3.75. The Balaban J connectivity index is 1.82. The van der Waals surface area contributed by atoms with Gasteiger partial charge < -0.3 is 20.3 Å². The number of anilines is 2. The maximum Gasteiger partial charge on any atom is 0.227 e. The molecule has 1 aromatic heterocycles. The Labute approximate surface area is 119 Å². The maximum absolute atomic E-state index is 5.40. The van der Waals surface area contributed by atoms with Crippen LogP contribution < -0.4 is 15.5 Å². The molecule has 0 unspecified atom stereocenters. The van der Waals surface area contributed by atoms with Gasteiger partial charge in [-0.3, -0.25) is 0 Å². The first kappa shape index (κ1) is 13.6. The van der Waals surface area contributed by atoms with Crippen molar-refractivity contribution in [2.24, 2.45) is 0 Å². The van der Waals surface area contributed by atoms with Gasteiger partial charge in [-0.15, -0.1) is 0 Å². The summed E-state index contributed by atoms with van der Waals surface area (Å²) in [5, 5.41) is 6.75. The van der Waals surface area contributed by atoms with Crippen LogP contribution in [0.15, 0.2) is 6.07 Å². The van der Waals surface area contributed by atoms with Crippen molar-refractivity contribution in [3.8, 4) is 0 Å². The number of aromatic nitrogens is 2. The van der Waals surface area contributed by atoms with Crippen molar-refractivity contribution in [1.82, 2.24) is 15.3 Å². The first-order valence-electron chi connectivity index (χ1n) is 7.41. The summed E-state index contributed by atoms with van der Waals surface area (Å²) in [7, 11) is 0. The van der Waals surface area contributed by atoms with E-state index in [1.807, 2.05) is 0 Å². The van der Waals surface area contributed by atoms with E-state index < -0.39 is 0 Å². The van der Waals surface area contributed by atoms with Crippen LogP contribution in [0.5, 0.6) is 0 Å². The van der Waals surface area contributed by atoms with Gasteiger partial charge in [-0.05, 0) is 5.92 Å². The molecule has 0 spiro atoms. The van der Waals surface area contributed by atoms with Gasteiger partial charge in [-0.1, -0.05) is 13.8 Å². The molecule has 0 radical (unpaired) electrons. The van der Waals surface area contributed by atoms with Gasteiger partial charge >= 0.3 is 0 Å². The highest BCUT2D eigenvalue weighted by Gasteiger charge is 2.20. The molecule has 6 nitrogen and oxygen atoms in total. The second-order valence-corrected chi connectivity index (χ2v) is 5.73. The topological polar surface area (TPSA) is 62.3 Å². The average molecular weight is 277 g/mol. The van der Waals surface area contributed by atoms with Gasteiger partial charge in [0.25, 0.3) is 0 Å². The summed E-state index contributed by atoms with van der Waals surface area (Å²) < 4.78 is 5.40. The lowest BCUT2D eigenvalue weighted by molar-refractivity contribution is 0.122. The Morgan fingerprint density at radius 3 is 2.65 bits per heavy atom. The van der Waals surface area contributed by atoms with Crippen molar-refractivity contribution in [2.75, 3.05) is 49.6 Å². The van der Waals surface area contributed by atoms with E-state index in [2.05, 4.69) is 40.4 Å². The second kappa shape index (κ2) is 5.93. The van der Waals surface area contributed by atoms with Crippen molar-refractivity contribution in [3.63, 3.8) is 0 Å². The van der Waals surface area contributed by atoms with Gasteiger partial charge in [-0.2, -0.15) is 4.98 Å². The van der Waals surface area contributed by atoms with Gasteiger partial charge in [0, 0.05) is 32.2 Å². The Morgan fingerprint density at radius 2 is 2.05 bits per heavy atom. The Morgan fingerprint density at radius 1 is 1.30 bits per heavy atom. The zero-order chi connectivity index (χ0) is 13.9. The SMILES string of the molecule is CC(C)c1cc(NC2CNC2)nc(N2CCOCC2)n1. The van der Waals surface area contributed by atoms with Gasteiger partial charge in [0.2, 0.25) is 5.95 Å². The molecule has 0 amide bonds. The molecule has 0 aromatic carbocycles. The van der Waals surface area contributed by atoms with Crippen LogP contribution in [0.4, 0.5) is 11.8 Å². The number of rotatable bonds is 4. The first-order chi connectivity index (χ1) is 9.72. The fourth-order valence-electron chi connectivity index (χ4n) is 2.33. The van der Waals surface area contributed by atoms with E-state index in [0.717, 1.165) is 56.9 Å². The summed E-state index contributed by atoms with van der Waals surface area (Å²) in [6, 6.07) is 2.56. The first-order valence-corrected chi connectivity index (χ1v) is 7.41. The lowest BCUT2D eigenvalue weighted by Gasteiger charge is -2.30. The quantitative estimate of drug-likeness (QED) is 0.849. The molecule has 0 bridgehead atoms. The third kappa shape index (κ3) is 3.02. The molecule has 6 heteroatoms. The molecular formula is C14H23N5O. The smallest absolute Gasteiger partial charge is 0.227 e. The van der Waals surface area contributed by atoms with E-state index in [0.29, 0.717) is 12.0 Å². The molecule has 0 saturated carbocycles. The molecule has 2 saturated heterocycles. The highest BCUT2D eigenvalue weighted by Crippen LogP contribution is 2.21. The van der Waals surface area contributed by atoms with E-state index in [9.17, 15) is 0 Å². The molecule has 2 N–H and O–H groups in total. The van der Waals surface area contributed by atoms with E-state index in [1.165, 1.54) is 0 Å². The molecule has 0 atom stereocenters. The van der Waals surface area contributed by atoms with Gasteiger partial charge in [-0.25, -0.2) is 4.98 Å². The molecule has 2 aliphatic rings. The molecule has 1 aromatic rings. The van der Waals surface area contributed by atoms with Crippen molar-refractivity contribution in [1.29, 1.82) is 0 Å². The third-order valence-electron chi connectivity index (χ3n) is 3.75. The largest absolute Gasteiger partial charge is 0.378 e. The zero-order valence-electron chi connectivity index (χ0n) is 12.2. The van der Waals surface area contributed by atoms with E-state index in [1.54, 1.807) is 0 Å². The number of hydrogen-bond donors (Lipinski definition) is 2. The van der Waals surface area contributed by atoms with Crippen LogP contribution >= 0.6 is 0 Å². The van der Waals surface area contributed by atoms with Crippen LogP contribution in [0.1, 0.15) is 25.5 Å². The Hall–Kier alpha value is -1.40. The van der Waals surface area contributed by atoms with Crippen molar-refractivity contribution in [3.05, 3.63) is 11.8 Å². The molecular weight excluding hydrogens is 254 g/mol. The predicted octanol–water partition coefficient (Wildman–Crippen LogP) is 0.820. The molecule has 0 aliphatic carbocycles. The molecule has 2 fully saturated rings. The summed E-state index contributed by atoms with van der Waals surface area (Å²) in [5.74, 6) is 2.17. The Bertz CT molecular complexity index is 455. The second-order valence-electron chi connectivity index (χ2n) is 5.73. The number of hydrogen-bond acceptors (Lipinski definition) is 6. The van der Waals surface area contributed by atoms with Crippen molar-refractivity contribution >= 4 is 11.8 Å². The van der Waals surface area contributed by atoms with E-state index >= 15 is 0 Å². The minimum Gasteiger partial charge on any atom is -0.378 e. The minimum absolute atomic E-state index is 0.401. The predicted molar refractivity (Wildman–Crippen MR) is 79.4 cm³/mol. The van der Waals surface area contributed by atoms with Crippen LogP contribution in [0.25, 0.3) is 0 Å². The lowest BCUT2D eigenvalue weighted by atomic mass is 10.1. The van der Waals surface area contributed by atoms with Gasteiger partial charge in [0.1, 0.15) is 5.82 Å². The normalized spacial score (nSPS) is 20.1. The van der Waals surface area contributed by atoms with E-state index in [4.69, 9.17) is 9.72 Å². The van der Waals surface area contributed by atoms with Crippen LogP contribution in [0.3, 0.4) is 0 Å². The lowest BCUT2D eigenvalue weighted by Crippen LogP contribution is -2.51. The summed E-state index contributed by atoms with van der Waals surface area (Å²) in [4.78, 5) is 11.6. The van der Waals surface area contributed by atoms with Crippen LogP contribution in [-0.4, -0.2) is 55.4 Å². The summed E-state index contributed by atoms with van der Waals surface area (Å²) in [6.45, 7) is 9.59. The van der Waals surface area contributed by atoms with Crippen LogP contribution in [0.2, 0.25) is 0 Å². The number of nitrogens with one attached hydrogen (secondary N) is 2. The summed E-state index contributed by atoms with van der Waals surface area (Å²) in [5.41, 5.74) is 1.09. The summed E-state index contributed by atoms with van der Waals surface area (Å²) >= 11 is 0. The van der Waals surface area contributed by atoms with Crippen molar-refractivity contribution < 1.29 is 4.74 Å². The fraction of sp³-hybridized carbons (Fsp3) is 0.714. The highest BCUT2D eigenvalue weighted by atomic mass is 16.5. The van der Waals surface area contributed by atoms with Gasteiger partial charge in [0.05, 0.1) is 24.9 Å².